The Morgan fingerprint density at radius 3 is 2.58 bits per heavy atom. The Balaban J connectivity index is 1.68. The van der Waals surface area contributed by atoms with Crippen LogP contribution >= 0.6 is 11.8 Å². The lowest BCUT2D eigenvalue weighted by Crippen LogP contribution is -2.49. The van der Waals surface area contributed by atoms with Crippen molar-refractivity contribution in [3.8, 4) is 5.75 Å². The van der Waals surface area contributed by atoms with Crippen LogP contribution in [0.25, 0.3) is 0 Å². The summed E-state index contributed by atoms with van der Waals surface area (Å²) in [6, 6.07) is 15.0. The van der Waals surface area contributed by atoms with Crippen LogP contribution in [0.15, 0.2) is 53.6 Å². The molecule has 2 aliphatic rings. The predicted molar refractivity (Wildman–Crippen MR) is 119 cm³/mol. The molecule has 0 fully saturated rings. The van der Waals surface area contributed by atoms with E-state index in [0.29, 0.717) is 23.5 Å². The number of aryl methyl sites for hydroxylation is 1. The highest BCUT2D eigenvalue weighted by atomic mass is 32.2. The highest BCUT2D eigenvalue weighted by Crippen LogP contribution is 2.54. The molecule has 4 rings (SSSR count). The van der Waals surface area contributed by atoms with Crippen LogP contribution in [0.5, 0.6) is 5.75 Å². The number of amidine groups is 1. The summed E-state index contributed by atoms with van der Waals surface area (Å²) in [5.74, 6) is -0.301. The molecular weight excluding hydrogens is 416 g/mol. The Morgan fingerprint density at radius 2 is 1.90 bits per heavy atom. The van der Waals surface area contributed by atoms with Gasteiger partial charge >= 0.3 is 0 Å². The summed E-state index contributed by atoms with van der Waals surface area (Å²) >= 11 is 1.07. The van der Waals surface area contributed by atoms with Crippen molar-refractivity contribution in [2.24, 2.45) is 5.10 Å². The third-order valence-corrected chi connectivity index (χ3v) is 6.22. The maximum atomic E-state index is 13.8. The van der Waals surface area contributed by atoms with Gasteiger partial charge in [0.05, 0.1) is 12.2 Å². The number of rotatable bonds is 4. The number of hydrogen-bond donors (Lipinski definition) is 1. The number of anilines is 1. The number of hydrogen-bond acceptors (Lipinski definition) is 6. The minimum atomic E-state index is -1.39. The lowest BCUT2D eigenvalue weighted by molar-refractivity contribution is -0.139. The molecule has 3 amide bonds. The van der Waals surface area contributed by atoms with Crippen LogP contribution in [0.2, 0.25) is 0 Å². The summed E-state index contributed by atoms with van der Waals surface area (Å²) in [7, 11) is 0. The van der Waals surface area contributed by atoms with Gasteiger partial charge in [0.2, 0.25) is 16.7 Å². The van der Waals surface area contributed by atoms with Gasteiger partial charge in [0, 0.05) is 19.4 Å². The molecule has 2 heterocycles. The fourth-order valence-electron chi connectivity index (χ4n) is 3.72. The van der Waals surface area contributed by atoms with E-state index in [1.54, 1.807) is 4.90 Å². The number of para-hydroxylation sites is 1. The van der Waals surface area contributed by atoms with E-state index < -0.39 is 10.8 Å². The number of carbonyl (C=O) groups is 3. The first-order valence-electron chi connectivity index (χ1n) is 9.80. The molecule has 2 aromatic carbocycles. The fourth-order valence-corrected chi connectivity index (χ4v) is 5.04. The van der Waals surface area contributed by atoms with Gasteiger partial charge in [-0.1, -0.05) is 35.9 Å². The molecule has 1 atom stereocenters. The molecular formula is C22H22N4O4S. The van der Waals surface area contributed by atoms with Gasteiger partial charge in [0.15, 0.2) is 5.17 Å². The number of nitrogens with one attached hydrogen (secondary N) is 1. The largest absolute Gasteiger partial charge is 0.492 e. The van der Waals surface area contributed by atoms with E-state index in [2.05, 4.69) is 10.4 Å². The quantitative estimate of drug-likeness (QED) is 0.792. The third kappa shape index (κ3) is 3.65. The Morgan fingerprint density at radius 1 is 1.16 bits per heavy atom. The summed E-state index contributed by atoms with van der Waals surface area (Å²) in [5, 5.41) is 8.25. The normalized spacial score (nSPS) is 19.5. The van der Waals surface area contributed by atoms with Crippen molar-refractivity contribution in [2.45, 2.75) is 25.6 Å². The van der Waals surface area contributed by atoms with Gasteiger partial charge in [-0.2, -0.15) is 5.01 Å². The second kappa shape index (κ2) is 8.07. The zero-order chi connectivity index (χ0) is 22.2. The van der Waals surface area contributed by atoms with Crippen molar-refractivity contribution in [1.29, 1.82) is 0 Å². The van der Waals surface area contributed by atoms with Gasteiger partial charge in [0.25, 0.3) is 5.91 Å². The number of ether oxygens (including phenoxy) is 1. The van der Waals surface area contributed by atoms with Gasteiger partial charge in [-0.15, -0.1) is 5.10 Å². The van der Waals surface area contributed by atoms with Crippen LogP contribution < -0.4 is 15.0 Å². The summed E-state index contributed by atoms with van der Waals surface area (Å²) < 4.78 is 5.79. The molecule has 2 aliphatic heterocycles. The number of benzene rings is 2. The van der Waals surface area contributed by atoms with Crippen LogP contribution in [0.4, 0.5) is 5.69 Å². The van der Waals surface area contributed by atoms with E-state index in [1.165, 1.54) is 18.9 Å². The van der Waals surface area contributed by atoms with Gasteiger partial charge in [-0.3, -0.25) is 14.4 Å². The van der Waals surface area contributed by atoms with E-state index in [0.717, 1.165) is 17.3 Å². The fraction of sp³-hybridized carbons (Fsp3) is 0.273. The number of thioether (sulfide) groups is 1. The molecule has 2 aromatic rings. The molecule has 0 saturated heterocycles. The second-order valence-electron chi connectivity index (χ2n) is 7.30. The van der Waals surface area contributed by atoms with Crippen LogP contribution in [0.1, 0.15) is 25.0 Å². The summed E-state index contributed by atoms with van der Waals surface area (Å²) in [4.78, 5) is 38.0. The first-order valence-corrected chi connectivity index (χ1v) is 10.6. The molecule has 31 heavy (non-hydrogen) atoms. The van der Waals surface area contributed by atoms with E-state index in [4.69, 9.17) is 4.74 Å². The molecule has 0 aliphatic carbocycles. The molecule has 160 valence electrons. The molecule has 8 nitrogen and oxygen atoms in total. The average Bonchev–Trinajstić information content (AvgIpc) is 3.21. The van der Waals surface area contributed by atoms with Gasteiger partial charge in [0.1, 0.15) is 12.4 Å². The maximum absolute atomic E-state index is 13.8. The number of carbonyl (C=O) groups excluding carboxylic acids is 3. The summed E-state index contributed by atoms with van der Waals surface area (Å²) in [6.07, 6.45) is 0. The van der Waals surface area contributed by atoms with Crippen molar-refractivity contribution in [3.05, 3.63) is 59.7 Å². The zero-order valence-corrected chi connectivity index (χ0v) is 18.2. The van der Waals surface area contributed by atoms with E-state index in [9.17, 15) is 14.4 Å². The molecule has 1 spiro atoms. The number of amides is 3. The van der Waals surface area contributed by atoms with Gasteiger partial charge in [-0.25, -0.2) is 0 Å². The van der Waals surface area contributed by atoms with Crippen LogP contribution in [0, 0.1) is 6.92 Å². The van der Waals surface area contributed by atoms with Crippen molar-refractivity contribution >= 4 is 40.3 Å². The number of nitrogens with zero attached hydrogens (tertiary/aromatic N) is 3. The van der Waals surface area contributed by atoms with E-state index in [-0.39, 0.29) is 23.6 Å². The summed E-state index contributed by atoms with van der Waals surface area (Å²) in [6.45, 7) is 5.21. The summed E-state index contributed by atoms with van der Waals surface area (Å²) in [5.41, 5.74) is 2.32. The first-order chi connectivity index (χ1) is 14.8. The molecule has 0 aromatic heterocycles. The van der Waals surface area contributed by atoms with Crippen molar-refractivity contribution < 1.29 is 19.1 Å². The van der Waals surface area contributed by atoms with Crippen LogP contribution in [-0.4, -0.2) is 41.0 Å². The Kier molecular flexibility index (Phi) is 5.45. The maximum Gasteiger partial charge on any atom is 0.270 e. The highest BCUT2D eigenvalue weighted by molar-refractivity contribution is 8.15. The predicted octanol–water partition coefficient (Wildman–Crippen LogP) is 2.58. The van der Waals surface area contributed by atoms with Crippen molar-refractivity contribution in [1.82, 2.24) is 10.3 Å². The molecule has 0 unspecified atom stereocenters. The topological polar surface area (TPSA) is 91.3 Å². The molecule has 0 bridgehead atoms. The van der Waals surface area contributed by atoms with Gasteiger partial charge in [-0.05, 0) is 36.9 Å². The highest BCUT2D eigenvalue weighted by Gasteiger charge is 2.61. The zero-order valence-electron chi connectivity index (χ0n) is 17.4. The van der Waals surface area contributed by atoms with Crippen molar-refractivity contribution in [2.75, 3.05) is 18.1 Å². The average molecular weight is 439 g/mol. The SMILES string of the molecule is CC(=O)NC1=NN(C(C)=O)[C@@]2(S1)C(=O)N(CCOc1ccccc1)c1ccc(C)cc12. The van der Waals surface area contributed by atoms with E-state index in [1.807, 2.05) is 55.5 Å². The van der Waals surface area contributed by atoms with Crippen LogP contribution in [-0.2, 0) is 19.3 Å². The Bertz CT molecular complexity index is 1090. The standard InChI is InChI=1S/C22H22N4O4S/c1-14-9-10-19-18(13-14)22(26(16(3)28)24-21(31-22)23-15(2)27)20(29)25(19)11-12-30-17-7-5-4-6-8-17/h4-10,13H,11-12H2,1-3H3,(H,23,24,27)/t22-/m0/s1. The number of fused-ring (bicyclic) bond motifs is 2. The van der Waals surface area contributed by atoms with Crippen molar-refractivity contribution in [3.63, 3.8) is 0 Å². The molecule has 9 heteroatoms. The van der Waals surface area contributed by atoms with Crippen LogP contribution in [0.3, 0.4) is 0 Å². The minimum absolute atomic E-state index is 0.214. The number of hydrazone groups is 1. The first kappa shape index (κ1) is 20.9. The Labute approximate surface area is 184 Å². The molecule has 0 saturated carbocycles. The lowest BCUT2D eigenvalue weighted by Gasteiger charge is -2.29. The van der Waals surface area contributed by atoms with Gasteiger partial charge < -0.3 is 15.0 Å². The minimum Gasteiger partial charge on any atom is -0.492 e. The molecule has 0 radical (unpaired) electrons. The Hall–Kier alpha value is -3.33. The monoisotopic (exact) mass is 438 g/mol. The lowest BCUT2D eigenvalue weighted by atomic mass is 10.0. The smallest absolute Gasteiger partial charge is 0.270 e. The van der Waals surface area contributed by atoms with E-state index >= 15 is 0 Å². The third-order valence-electron chi connectivity index (χ3n) is 4.98. The molecule has 1 N–H and O–H groups in total. The second-order valence-corrected chi connectivity index (χ2v) is 8.48.